The van der Waals surface area contributed by atoms with E-state index in [-0.39, 0.29) is 11.3 Å². The van der Waals surface area contributed by atoms with E-state index in [1.807, 2.05) is 6.07 Å². The Morgan fingerprint density at radius 2 is 2.24 bits per heavy atom. The van der Waals surface area contributed by atoms with Crippen LogP contribution in [0.4, 0.5) is 0 Å². The molecule has 0 radical (unpaired) electrons. The topological polar surface area (TPSA) is 87.7 Å². The fourth-order valence-electron chi connectivity index (χ4n) is 1.26. The lowest BCUT2D eigenvalue weighted by Crippen LogP contribution is -2.25. The molecular formula is C11H10N4O2. The molecule has 2 N–H and O–H groups in total. The minimum absolute atomic E-state index is 0.0877. The first-order chi connectivity index (χ1) is 8.25. The van der Waals surface area contributed by atoms with Crippen molar-refractivity contribution in [3.63, 3.8) is 0 Å². The van der Waals surface area contributed by atoms with Gasteiger partial charge in [-0.05, 0) is 12.1 Å². The van der Waals surface area contributed by atoms with E-state index in [4.69, 9.17) is 0 Å². The lowest BCUT2D eigenvalue weighted by molar-refractivity contribution is 0.0945. The van der Waals surface area contributed by atoms with Crippen molar-refractivity contribution >= 4 is 5.91 Å². The number of carbonyl (C=O) groups excluding carboxylic acids is 1. The molecule has 0 spiro atoms. The Bertz CT molecular complexity index is 565. The molecule has 86 valence electrons. The van der Waals surface area contributed by atoms with Crippen LogP contribution in [0.1, 0.15) is 16.2 Å². The van der Waals surface area contributed by atoms with Gasteiger partial charge in [-0.2, -0.15) is 0 Å². The molecule has 0 saturated heterocycles. The van der Waals surface area contributed by atoms with Crippen LogP contribution in [0.5, 0.6) is 0 Å². The minimum Gasteiger partial charge on any atom is -0.345 e. The number of rotatable bonds is 3. The van der Waals surface area contributed by atoms with E-state index in [2.05, 4.69) is 20.3 Å². The molecule has 0 aliphatic rings. The quantitative estimate of drug-likeness (QED) is 0.782. The number of nitrogens with zero attached hydrogens (tertiary/aromatic N) is 2. The van der Waals surface area contributed by atoms with Gasteiger partial charge in [0, 0.05) is 12.3 Å². The third-order valence-electron chi connectivity index (χ3n) is 2.07. The summed E-state index contributed by atoms with van der Waals surface area (Å²) < 4.78 is 0. The van der Waals surface area contributed by atoms with E-state index in [0.29, 0.717) is 6.54 Å². The first kappa shape index (κ1) is 11.0. The van der Waals surface area contributed by atoms with Crippen molar-refractivity contribution in [3.05, 3.63) is 58.5 Å². The zero-order valence-electron chi connectivity index (χ0n) is 8.88. The fourth-order valence-corrected chi connectivity index (χ4v) is 1.26. The van der Waals surface area contributed by atoms with Crippen LogP contribution < -0.4 is 10.9 Å². The van der Waals surface area contributed by atoms with Crippen LogP contribution in [-0.4, -0.2) is 20.9 Å². The molecule has 0 saturated carbocycles. The normalized spacial score (nSPS) is 9.88. The zero-order chi connectivity index (χ0) is 12.1. The smallest absolute Gasteiger partial charge is 0.270 e. The number of hydrogen-bond donors (Lipinski definition) is 2. The number of hydrogen-bond acceptors (Lipinski definition) is 4. The van der Waals surface area contributed by atoms with Gasteiger partial charge in [0.05, 0.1) is 18.6 Å². The summed E-state index contributed by atoms with van der Waals surface area (Å²) in [6.07, 6.45) is 2.84. The van der Waals surface area contributed by atoms with Crippen LogP contribution in [-0.2, 0) is 6.54 Å². The van der Waals surface area contributed by atoms with Gasteiger partial charge in [0.25, 0.3) is 11.5 Å². The number of carbonyl (C=O) groups is 1. The Hall–Kier alpha value is -2.50. The van der Waals surface area contributed by atoms with E-state index >= 15 is 0 Å². The molecule has 2 rings (SSSR count). The summed E-state index contributed by atoms with van der Waals surface area (Å²) in [4.78, 5) is 32.8. The largest absolute Gasteiger partial charge is 0.345 e. The Morgan fingerprint density at radius 3 is 2.94 bits per heavy atom. The lowest BCUT2D eigenvalue weighted by atomic mass is 10.3. The summed E-state index contributed by atoms with van der Waals surface area (Å²) in [6.45, 7) is 0.300. The van der Waals surface area contributed by atoms with Gasteiger partial charge in [0.2, 0.25) is 0 Å². The number of nitrogens with one attached hydrogen (secondary N) is 2. The van der Waals surface area contributed by atoms with Crippen molar-refractivity contribution in [1.82, 2.24) is 20.3 Å². The van der Waals surface area contributed by atoms with Gasteiger partial charge in [-0.3, -0.25) is 14.6 Å². The molecule has 0 unspecified atom stereocenters. The number of aromatic amines is 1. The van der Waals surface area contributed by atoms with Gasteiger partial charge in [-0.1, -0.05) is 6.07 Å². The molecule has 0 atom stereocenters. The van der Waals surface area contributed by atoms with Crippen molar-refractivity contribution < 1.29 is 4.79 Å². The van der Waals surface area contributed by atoms with Gasteiger partial charge in [-0.15, -0.1) is 0 Å². The number of aromatic nitrogens is 3. The maximum atomic E-state index is 11.6. The molecule has 0 fully saturated rings. The molecule has 2 heterocycles. The average molecular weight is 230 g/mol. The van der Waals surface area contributed by atoms with Gasteiger partial charge < -0.3 is 10.3 Å². The van der Waals surface area contributed by atoms with Crippen molar-refractivity contribution in [2.24, 2.45) is 0 Å². The number of amides is 1. The summed E-state index contributed by atoms with van der Waals surface area (Å²) in [5.74, 6) is -0.401. The standard InChI is InChI=1S/C11H10N4O2/c16-10-5-9(14-7-15-10)11(17)13-6-8-3-1-2-4-12-8/h1-5,7H,6H2,(H,13,17)(H,14,15,16). The van der Waals surface area contributed by atoms with Crippen LogP contribution >= 0.6 is 0 Å². The molecule has 2 aromatic heterocycles. The Morgan fingerprint density at radius 1 is 1.35 bits per heavy atom. The van der Waals surface area contributed by atoms with Crippen molar-refractivity contribution in [2.45, 2.75) is 6.54 Å². The predicted octanol–water partition coefficient (Wildman–Crippen LogP) is 0.0949. The second kappa shape index (κ2) is 5.02. The van der Waals surface area contributed by atoms with E-state index in [9.17, 15) is 9.59 Å². The first-order valence-corrected chi connectivity index (χ1v) is 4.98. The Labute approximate surface area is 96.8 Å². The Kier molecular flexibility index (Phi) is 3.25. The Balaban J connectivity index is 2.01. The summed E-state index contributed by atoms with van der Waals surface area (Å²) >= 11 is 0. The molecule has 6 heteroatoms. The third-order valence-corrected chi connectivity index (χ3v) is 2.07. The highest BCUT2D eigenvalue weighted by Gasteiger charge is 2.07. The van der Waals surface area contributed by atoms with Crippen LogP contribution in [0.15, 0.2) is 41.6 Å². The highest BCUT2D eigenvalue weighted by Crippen LogP contribution is 1.94. The summed E-state index contributed by atoms with van der Waals surface area (Å²) in [7, 11) is 0. The molecule has 0 bridgehead atoms. The molecule has 0 aliphatic carbocycles. The molecule has 0 aromatic carbocycles. The monoisotopic (exact) mass is 230 g/mol. The van der Waals surface area contributed by atoms with Crippen LogP contribution in [0.3, 0.4) is 0 Å². The van der Waals surface area contributed by atoms with E-state index in [1.54, 1.807) is 18.3 Å². The van der Waals surface area contributed by atoms with Gasteiger partial charge in [0.1, 0.15) is 5.69 Å². The summed E-state index contributed by atoms with van der Waals surface area (Å²) in [5.41, 5.74) is 0.471. The van der Waals surface area contributed by atoms with Gasteiger partial charge >= 0.3 is 0 Å². The third kappa shape index (κ3) is 2.97. The molecule has 2 aromatic rings. The maximum Gasteiger partial charge on any atom is 0.270 e. The first-order valence-electron chi connectivity index (χ1n) is 4.98. The second-order valence-electron chi connectivity index (χ2n) is 3.30. The minimum atomic E-state index is -0.401. The lowest BCUT2D eigenvalue weighted by Gasteiger charge is -2.03. The predicted molar refractivity (Wildman–Crippen MR) is 60.3 cm³/mol. The van der Waals surface area contributed by atoms with Crippen molar-refractivity contribution in [2.75, 3.05) is 0 Å². The van der Waals surface area contributed by atoms with Crippen molar-refractivity contribution in [3.8, 4) is 0 Å². The highest BCUT2D eigenvalue weighted by molar-refractivity contribution is 5.91. The van der Waals surface area contributed by atoms with Gasteiger partial charge in [0.15, 0.2) is 0 Å². The van der Waals surface area contributed by atoms with E-state index in [1.165, 1.54) is 6.33 Å². The van der Waals surface area contributed by atoms with Crippen LogP contribution in [0, 0.1) is 0 Å². The molecule has 6 nitrogen and oxygen atoms in total. The maximum absolute atomic E-state index is 11.6. The van der Waals surface area contributed by atoms with Crippen LogP contribution in [0.25, 0.3) is 0 Å². The number of pyridine rings is 1. The SMILES string of the molecule is O=C(NCc1ccccn1)c1cc(=O)[nH]cn1. The van der Waals surface area contributed by atoms with Crippen molar-refractivity contribution in [1.29, 1.82) is 0 Å². The molecule has 1 amide bonds. The average Bonchev–Trinajstić information content (AvgIpc) is 2.37. The van der Waals surface area contributed by atoms with Crippen LogP contribution in [0.2, 0.25) is 0 Å². The summed E-state index contributed by atoms with van der Waals surface area (Å²) in [6, 6.07) is 6.57. The molecular weight excluding hydrogens is 220 g/mol. The molecule has 0 aliphatic heterocycles. The zero-order valence-corrected chi connectivity index (χ0v) is 8.88. The second-order valence-corrected chi connectivity index (χ2v) is 3.30. The summed E-state index contributed by atoms with van der Waals surface area (Å²) in [5, 5.41) is 2.63. The molecule has 17 heavy (non-hydrogen) atoms. The van der Waals surface area contributed by atoms with E-state index in [0.717, 1.165) is 11.8 Å². The highest BCUT2D eigenvalue weighted by atomic mass is 16.2. The number of H-pyrrole nitrogens is 1. The van der Waals surface area contributed by atoms with E-state index < -0.39 is 5.91 Å². The fraction of sp³-hybridized carbons (Fsp3) is 0.0909. The van der Waals surface area contributed by atoms with Gasteiger partial charge in [-0.25, -0.2) is 4.98 Å².